The molecule has 0 aliphatic rings. The van der Waals surface area contributed by atoms with Crippen molar-refractivity contribution in [3.05, 3.63) is 30.1 Å². The molecule has 0 spiro atoms. The molecular formula is C17H27FIN5O3. The third kappa shape index (κ3) is 12.0. The summed E-state index contributed by atoms with van der Waals surface area (Å²) >= 11 is 0. The van der Waals surface area contributed by atoms with Crippen molar-refractivity contribution < 1.29 is 18.7 Å². The van der Waals surface area contributed by atoms with Gasteiger partial charge in [0.05, 0.1) is 6.54 Å². The number of nitrogens with one attached hydrogen (secondary N) is 4. The molecule has 1 aromatic carbocycles. The molecule has 8 nitrogen and oxygen atoms in total. The quantitative estimate of drug-likeness (QED) is 0.210. The van der Waals surface area contributed by atoms with Crippen LogP contribution in [0.2, 0.25) is 0 Å². The van der Waals surface area contributed by atoms with Crippen LogP contribution in [0.4, 0.5) is 14.9 Å². The van der Waals surface area contributed by atoms with Crippen LogP contribution in [-0.4, -0.2) is 50.2 Å². The molecule has 0 fully saturated rings. The van der Waals surface area contributed by atoms with E-state index in [2.05, 4.69) is 26.3 Å². The Hall–Kier alpha value is -2.11. The number of halogens is 2. The van der Waals surface area contributed by atoms with E-state index >= 15 is 0 Å². The Morgan fingerprint density at radius 1 is 1.07 bits per heavy atom. The van der Waals surface area contributed by atoms with Gasteiger partial charge in [-0.1, -0.05) is 0 Å². The maximum atomic E-state index is 12.8. The third-order valence-corrected chi connectivity index (χ3v) is 2.85. The number of aliphatic imine (C=N–C) groups is 1. The molecule has 1 aromatic rings. The van der Waals surface area contributed by atoms with Gasteiger partial charge in [0.25, 0.3) is 0 Å². The van der Waals surface area contributed by atoms with Crippen LogP contribution in [0.5, 0.6) is 0 Å². The normalized spacial score (nSPS) is 11.1. The summed E-state index contributed by atoms with van der Waals surface area (Å²) in [4.78, 5) is 27.3. The lowest BCUT2D eigenvalue weighted by molar-refractivity contribution is -0.115. The van der Waals surface area contributed by atoms with Crippen LogP contribution in [0.3, 0.4) is 0 Å². The molecule has 0 aliphatic carbocycles. The van der Waals surface area contributed by atoms with Crippen LogP contribution in [0, 0.1) is 5.82 Å². The fourth-order valence-electron chi connectivity index (χ4n) is 1.78. The maximum Gasteiger partial charge on any atom is 0.407 e. The molecule has 0 heterocycles. The van der Waals surface area contributed by atoms with E-state index in [9.17, 15) is 14.0 Å². The Bertz CT molecular complexity index is 632. The van der Waals surface area contributed by atoms with Gasteiger partial charge in [0.2, 0.25) is 5.91 Å². The lowest BCUT2D eigenvalue weighted by Gasteiger charge is -2.19. The molecule has 4 N–H and O–H groups in total. The zero-order valence-electron chi connectivity index (χ0n) is 15.9. The second-order valence-electron chi connectivity index (χ2n) is 6.34. The molecule has 27 heavy (non-hydrogen) atoms. The van der Waals surface area contributed by atoms with Crippen molar-refractivity contribution in [2.75, 3.05) is 32.0 Å². The van der Waals surface area contributed by atoms with Gasteiger partial charge < -0.3 is 26.0 Å². The van der Waals surface area contributed by atoms with E-state index < -0.39 is 11.7 Å². The summed E-state index contributed by atoms with van der Waals surface area (Å²) in [6, 6.07) is 5.48. The van der Waals surface area contributed by atoms with Crippen molar-refractivity contribution >= 4 is 47.6 Å². The zero-order valence-corrected chi connectivity index (χ0v) is 18.2. The number of carbonyl (C=O) groups excluding carboxylic acids is 2. The molecule has 0 unspecified atom stereocenters. The highest BCUT2D eigenvalue weighted by Crippen LogP contribution is 2.07. The smallest absolute Gasteiger partial charge is 0.407 e. The van der Waals surface area contributed by atoms with Crippen molar-refractivity contribution in [3.63, 3.8) is 0 Å². The van der Waals surface area contributed by atoms with Crippen molar-refractivity contribution in [2.45, 2.75) is 26.4 Å². The first kappa shape index (κ1) is 24.9. The fourth-order valence-corrected chi connectivity index (χ4v) is 1.78. The first-order valence-corrected chi connectivity index (χ1v) is 8.16. The number of alkyl carbamates (subject to hydrolysis) is 1. The average molecular weight is 495 g/mol. The van der Waals surface area contributed by atoms with Gasteiger partial charge in [-0.3, -0.25) is 9.79 Å². The Labute approximate surface area is 175 Å². The van der Waals surface area contributed by atoms with E-state index in [1.807, 2.05) is 0 Å². The van der Waals surface area contributed by atoms with Crippen LogP contribution in [0.1, 0.15) is 20.8 Å². The molecule has 0 bridgehead atoms. The summed E-state index contributed by atoms with van der Waals surface area (Å²) < 4.78 is 17.9. The number of benzene rings is 1. The minimum atomic E-state index is -0.549. The summed E-state index contributed by atoms with van der Waals surface area (Å²) in [5.74, 6) is -0.262. The highest BCUT2D eigenvalue weighted by atomic mass is 127. The molecular weight excluding hydrogens is 468 g/mol. The van der Waals surface area contributed by atoms with Crippen molar-refractivity contribution in [3.8, 4) is 0 Å². The molecule has 0 saturated carbocycles. The van der Waals surface area contributed by atoms with Gasteiger partial charge in [0, 0.05) is 25.8 Å². The largest absolute Gasteiger partial charge is 0.444 e. The lowest BCUT2D eigenvalue weighted by atomic mass is 10.2. The number of anilines is 1. The maximum absolute atomic E-state index is 12.8. The van der Waals surface area contributed by atoms with Crippen molar-refractivity contribution in [2.24, 2.45) is 4.99 Å². The first-order chi connectivity index (χ1) is 12.2. The topological polar surface area (TPSA) is 104 Å². The van der Waals surface area contributed by atoms with Crippen LogP contribution in [0.25, 0.3) is 0 Å². The number of nitrogens with zero attached hydrogens (tertiary/aromatic N) is 1. The molecule has 0 atom stereocenters. The fraction of sp³-hybridized carbons (Fsp3) is 0.471. The molecule has 0 radical (unpaired) electrons. The summed E-state index contributed by atoms with van der Waals surface area (Å²) in [6.45, 7) is 6.07. The third-order valence-electron chi connectivity index (χ3n) is 2.85. The summed E-state index contributed by atoms with van der Waals surface area (Å²) in [5.41, 5.74) is -0.0461. The number of guanidine groups is 1. The van der Waals surface area contributed by atoms with E-state index in [0.29, 0.717) is 24.7 Å². The van der Waals surface area contributed by atoms with E-state index in [4.69, 9.17) is 4.74 Å². The van der Waals surface area contributed by atoms with Gasteiger partial charge in [-0.2, -0.15) is 0 Å². The number of carbonyl (C=O) groups is 2. The summed E-state index contributed by atoms with van der Waals surface area (Å²) in [7, 11) is 1.56. The Morgan fingerprint density at radius 2 is 1.67 bits per heavy atom. The average Bonchev–Trinajstić information content (AvgIpc) is 2.54. The van der Waals surface area contributed by atoms with Gasteiger partial charge in [-0.25, -0.2) is 9.18 Å². The highest BCUT2D eigenvalue weighted by Gasteiger charge is 2.15. The minimum Gasteiger partial charge on any atom is -0.444 e. The molecule has 10 heteroatoms. The van der Waals surface area contributed by atoms with Crippen LogP contribution in [-0.2, 0) is 9.53 Å². The predicted molar refractivity (Wildman–Crippen MR) is 114 cm³/mol. The van der Waals surface area contributed by atoms with E-state index in [0.717, 1.165) is 0 Å². The van der Waals surface area contributed by atoms with Crippen LogP contribution < -0.4 is 21.3 Å². The van der Waals surface area contributed by atoms with E-state index in [1.165, 1.54) is 24.3 Å². The molecule has 0 aromatic heterocycles. The highest BCUT2D eigenvalue weighted by molar-refractivity contribution is 14.0. The molecule has 1 rings (SSSR count). The van der Waals surface area contributed by atoms with Gasteiger partial charge >= 0.3 is 6.09 Å². The van der Waals surface area contributed by atoms with Gasteiger partial charge in [-0.15, -0.1) is 24.0 Å². The minimum absolute atomic E-state index is 0. The first-order valence-electron chi connectivity index (χ1n) is 8.16. The second kappa shape index (κ2) is 12.3. The predicted octanol–water partition coefficient (Wildman–Crippen LogP) is 2.07. The lowest BCUT2D eigenvalue weighted by Crippen LogP contribution is -2.44. The molecule has 0 saturated heterocycles. The molecule has 0 aliphatic heterocycles. The molecule has 152 valence electrons. The second-order valence-corrected chi connectivity index (χ2v) is 6.34. The number of rotatable bonds is 6. The standard InChI is InChI=1S/C17H26FN5O3.HI/c1-17(2,3)26-16(25)21-10-9-20-15(19-4)22-11-14(24)23-13-7-5-12(18)6-8-13;/h5-8H,9-11H2,1-4H3,(H,21,25)(H,23,24)(H2,19,20,22);1H. The van der Waals surface area contributed by atoms with Crippen LogP contribution >= 0.6 is 24.0 Å². The summed E-state index contributed by atoms with van der Waals surface area (Å²) in [5, 5.41) is 11.0. The number of amides is 2. The van der Waals surface area contributed by atoms with Gasteiger partial charge in [0.1, 0.15) is 11.4 Å². The molecule has 2 amide bonds. The van der Waals surface area contributed by atoms with Crippen LogP contribution in [0.15, 0.2) is 29.3 Å². The van der Waals surface area contributed by atoms with E-state index in [1.54, 1.807) is 27.8 Å². The Kier molecular flexibility index (Phi) is 11.3. The number of ether oxygens (including phenoxy) is 1. The Morgan fingerprint density at radius 3 is 2.22 bits per heavy atom. The van der Waals surface area contributed by atoms with E-state index in [-0.39, 0.29) is 42.2 Å². The number of hydrogen-bond donors (Lipinski definition) is 4. The van der Waals surface area contributed by atoms with Gasteiger partial charge in [-0.05, 0) is 45.0 Å². The van der Waals surface area contributed by atoms with Crippen molar-refractivity contribution in [1.82, 2.24) is 16.0 Å². The zero-order chi connectivity index (χ0) is 19.6. The van der Waals surface area contributed by atoms with Crippen molar-refractivity contribution in [1.29, 1.82) is 0 Å². The SMILES string of the molecule is CN=C(NCCNC(=O)OC(C)(C)C)NCC(=O)Nc1ccc(F)cc1.I. The Balaban J connectivity index is 0.00000676. The summed E-state index contributed by atoms with van der Waals surface area (Å²) in [6.07, 6.45) is -0.499. The van der Waals surface area contributed by atoms with Gasteiger partial charge in [0.15, 0.2) is 5.96 Å². The monoisotopic (exact) mass is 495 g/mol. The number of hydrogen-bond acceptors (Lipinski definition) is 4.